The van der Waals surface area contributed by atoms with Crippen LogP contribution in [0.15, 0.2) is 42.7 Å². The molecule has 3 rings (SSSR count). The maximum absolute atomic E-state index is 12.4. The maximum atomic E-state index is 12.4. The lowest BCUT2D eigenvalue weighted by molar-refractivity contribution is 0.0733. The Morgan fingerprint density at radius 2 is 2.20 bits per heavy atom. The van der Waals surface area contributed by atoms with E-state index in [-0.39, 0.29) is 5.91 Å². The van der Waals surface area contributed by atoms with E-state index in [4.69, 9.17) is 4.74 Å². The van der Waals surface area contributed by atoms with E-state index < -0.39 is 0 Å². The van der Waals surface area contributed by atoms with Gasteiger partial charge in [-0.05, 0) is 30.2 Å². The van der Waals surface area contributed by atoms with Crippen molar-refractivity contribution >= 4 is 5.91 Å². The lowest BCUT2D eigenvalue weighted by Gasteiger charge is -2.29. The number of amides is 1. The molecule has 20 heavy (non-hydrogen) atoms. The number of rotatable bonds is 2. The Hall–Kier alpha value is -2.36. The van der Waals surface area contributed by atoms with Crippen molar-refractivity contribution in [1.82, 2.24) is 9.88 Å². The summed E-state index contributed by atoms with van der Waals surface area (Å²) in [5.74, 6) is 0.947. The number of nitrogens with zero attached hydrogens (tertiary/aromatic N) is 2. The zero-order valence-electron chi connectivity index (χ0n) is 11.4. The third-order valence-electron chi connectivity index (χ3n) is 3.64. The number of ether oxygens (including phenoxy) is 1. The van der Waals surface area contributed by atoms with Gasteiger partial charge in [0.2, 0.25) is 0 Å². The predicted molar refractivity (Wildman–Crippen MR) is 75.7 cm³/mol. The van der Waals surface area contributed by atoms with Crippen molar-refractivity contribution in [3.8, 4) is 5.75 Å². The van der Waals surface area contributed by atoms with E-state index in [1.54, 1.807) is 31.6 Å². The van der Waals surface area contributed by atoms with Gasteiger partial charge in [-0.1, -0.05) is 12.1 Å². The first-order valence-electron chi connectivity index (χ1n) is 6.63. The summed E-state index contributed by atoms with van der Waals surface area (Å²) in [6.45, 7) is 1.33. The van der Waals surface area contributed by atoms with Gasteiger partial charge in [-0.15, -0.1) is 0 Å². The van der Waals surface area contributed by atoms with Gasteiger partial charge in [0.05, 0.1) is 12.7 Å². The van der Waals surface area contributed by atoms with Gasteiger partial charge >= 0.3 is 0 Å². The van der Waals surface area contributed by atoms with Crippen LogP contribution in [0.2, 0.25) is 0 Å². The van der Waals surface area contributed by atoms with Gasteiger partial charge in [-0.3, -0.25) is 9.78 Å². The molecule has 0 atom stereocenters. The Balaban J connectivity index is 1.84. The van der Waals surface area contributed by atoms with Crippen molar-refractivity contribution in [2.75, 3.05) is 13.7 Å². The molecule has 2 aromatic rings. The third-order valence-corrected chi connectivity index (χ3v) is 3.64. The average Bonchev–Trinajstić information content (AvgIpc) is 2.53. The SMILES string of the molecule is COc1cccc2c1CCN(C(=O)c1cccnc1)C2. The van der Waals surface area contributed by atoms with Gasteiger partial charge in [-0.2, -0.15) is 0 Å². The molecule has 0 saturated carbocycles. The van der Waals surface area contributed by atoms with Gasteiger partial charge in [0, 0.05) is 31.0 Å². The van der Waals surface area contributed by atoms with Crippen LogP contribution in [0.1, 0.15) is 21.5 Å². The van der Waals surface area contributed by atoms with E-state index >= 15 is 0 Å². The van der Waals surface area contributed by atoms with Crippen molar-refractivity contribution in [2.45, 2.75) is 13.0 Å². The summed E-state index contributed by atoms with van der Waals surface area (Å²) in [7, 11) is 1.68. The molecule has 0 saturated heterocycles. The van der Waals surface area contributed by atoms with Gasteiger partial charge in [-0.25, -0.2) is 0 Å². The van der Waals surface area contributed by atoms with Crippen LogP contribution in [0, 0.1) is 0 Å². The largest absolute Gasteiger partial charge is 0.496 e. The van der Waals surface area contributed by atoms with E-state index in [0.29, 0.717) is 18.7 Å². The van der Waals surface area contributed by atoms with E-state index in [1.165, 1.54) is 5.56 Å². The molecular formula is C16H16N2O2. The molecule has 2 heterocycles. The minimum absolute atomic E-state index is 0.0339. The van der Waals surface area contributed by atoms with Crippen LogP contribution in [0.4, 0.5) is 0 Å². The molecule has 0 aliphatic carbocycles. The number of aromatic nitrogens is 1. The summed E-state index contributed by atoms with van der Waals surface area (Å²) in [6, 6.07) is 9.58. The molecule has 0 bridgehead atoms. The first-order valence-corrected chi connectivity index (χ1v) is 6.63. The number of fused-ring (bicyclic) bond motifs is 1. The summed E-state index contributed by atoms with van der Waals surface area (Å²) in [6.07, 6.45) is 4.11. The molecule has 0 spiro atoms. The van der Waals surface area contributed by atoms with Gasteiger partial charge < -0.3 is 9.64 Å². The molecule has 4 heteroatoms. The fourth-order valence-electron chi connectivity index (χ4n) is 2.61. The normalized spacial score (nSPS) is 13.8. The molecule has 0 fully saturated rings. The number of pyridine rings is 1. The number of hydrogen-bond donors (Lipinski definition) is 0. The molecule has 1 amide bonds. The number of carbonyl (C=O) groups is 1. The van der Waals surface area contributed by atoms with E-state index in [9.17, 15) is 4.79 Å². The van der Waals surface area contributed by atoms with Gasteiger partial charge in [0.1, 0.15) is 5.75 Å². The van der Waals surface area contributed by atoms with Crippen LogP contribution in [-0.2, 0) is 13.0 Å². The highest BCUT2D eigenvalue weighted by molar-refractivity contribution is 5.94. The minimum Gasteiger partial charge on any atom is -0.496 e. The van der Waals surface area contributed by atoms with Crippen molar-refractivity contribution in [3.63, 3.8) is 0 Å². The van der Waals surface area contributed by atoms with Crippen molar-refractivity contribution in [2.24, 2.45) is 0 Å². The van der Waals surface area contributed by atoms with Crippen molar-refractivity contribution in [1.29, 1.82) is 0 Å². The zero-order chi connectivity index (χ0) is 13.9. The number of methoxy groups -OCH3 is 1. The Morgan fingerprint density at radius 1 is 1.30 bits per heavy atom. The maximum Gasteiger partial charge on any atom is 0.255 e. The lowest BCUT2D eigenvalue weighted by Crippen LogP contribution is -2.36. The second-order valence-corrected chi connectivity index (χ2v) is 4.82. The van der Waals surface area contributed by atoms with Crippen LogP contribution in [-0.4, -0.2) is 29.4 Å². The zero-order valence-corrected chi connectivity index (χ0v) is 11.4. The van der Waals surface area contributed by atoms with Crippen LogP contribution in [0.3, 0.4) is 0 Å². The molecule has 0 N–H and O–H groups in total. The Bertz CT molecular complexity index is 626. The Kier molecular flexibility index (Phi) is 3.37. The van der Waals surface area contributed by atoms with Crippen LogP contribution in [0.5, 0.6) is 5.75 Å². The predicted octanol–water partition coefficient (Wildman–Crippen LogP) is 2.29. The minimum atomic E-state index is 0.0339. The van der Waals surface area contributed by atoms with E-state index in [1.807, 2.05) is 17.0 Å². The fraction of sp³-hybridized carbons (Fsp3) is 0.250. The van der Waals surface area contributed by atoms with Gasteiger partial charge in [0.25, 0.3) is 5.91 Å². The summed E-state index contributed by atoms with van der Waals surface area (Å²) in [5.41, 5.74) is 3.01. The van der Waals surface area contributed by atoms with Crippen molar-refractivity contribution in [3.05, 3.63) is 59.4 Å². The highest BCUT2D eigenvalue weighted by Gasteiger charge is 2.23. The average molecular weight is 268 g/mol. The molecule has 102 valence electrons. The standard InChI is InChI=1S/C16H16N2O2/c1-20-15-6-2-4-13-11-18(9-7-14(13)15)16(19)12-5-3-8-17-10-12/h2-6,8,10H,7,9,11H2,1H3. The molecule has 1 aliphatic heterocycles. The first-order chi connectivity index (χ1) is 9.79. The first kappa shape index (κ1) is 12.7. The summed E-state index contributed by atoms with van der Waals surface area (Å²) in [4.78, 5) is 18.3. The molecule has 0 radical (unpaired) electrons. The quantitative estimate of drug-likeness (QED) is 0.839. The second-order valence-electron chi connectivity index (χ2n) is 4.82. The summed E-state index contributed by atoms with van der Waals surface area (Å²) >= 11 is 0. The highest BCUT2D eigenvalue weighted by Crippen LogP contribution is 2.28. The number of benzene rings is 1. The highest BCUT2D eigenvalue weighted by atomic mass is 16.5. The molecule has 1 aromatic heterocycles. The molecular weight excluding hydrogens is 252 g/mol. The Labute approximate surface area is 118 Å². The smallest absolute Gasteiger partial charge is 0.255 e. The van der Waals surface area contributed by atoms with E-state index in [0.717, 1.165) is 17.7 Å². The summed E-state index contributed by atoms with van der Waals surface area (Å²) < 4.78 is 5.38. The van der Waals surface area contributed by atoms with Crippen molar-refractivity contribution < 1.29 is 9.53 Å². The van der Waals surface area contributed by atoms with Crippen LogP contribution in [0.25, 0.3) is 0 Å². The lowest BCUT2D eigenvalue weighted by atomic mass is 9.98. The summed E-state index contributed by atoms with van der Waals surface area (Å²) in [5, 5.41) is 0. The monoisotopic (exact) mass is 268 g/mol. The molecule has 4 nitrogen and oxygen atoms in total. The second kappa shape index (κ2) is 5.33. The molecule has 1 aromatic carbocycles. The van der Waals surface area contributed by atoms with Crippen LogP contribution < -0.4 is 4.74 Å². The van der Waals surface area contributed by atoms with Gasteiger partial charge in [0.15, 0.2) is 0 Å². The fourth-order valence-corrected chi connectivity index (χ4v) is 2.61. The van der Waals surface area contributed by atoms with Crippen LogP contribution >= 0.6 is 0 Å². The van der Waals surface area contributed by atoms with E-state index in [2.05, 4.69) is 11.1 Å². The topological polar surface area (TPSA) is 42.4 Å². The number of carbonyl (C=O) groups excluding carboxylic acids is 1. The third kappa shape index (κ3) is 2.25. The Morgan fingerprint density at radius 3 is 2.95 bits per heavy atom. The molecule has 0 unspecified atom stereocenters. The number of hydrogen-bond acceptors (Lipinski definition) is 3. The molecule has 1 aliphatic rings.